The van der Waals surface area contributed by atoms with Crippen LogP contribution >= 0.6 is 0 Å². The number of aromatic nitrogens is 3. The molecule has 3 atom stereocenters. The summed E-state index contributed by atoms with van der Waals surface area (Å²) in [5.74, 6) is 1.19. The van der Waals surface area contributed by atoms with E-state index in [-0.39, 0.29) is 17.8 Å². The number of amides is 1. The second-order valence-corrected chi connectivity index (χ2v) is 7.22. The van der Waals surface area contributed by atoms with Crippen molar-refractivity contribution in [1.29, 1.82) is 0 Å². The summed E-state index contributed by atoms with van der Waals surface area (Å²) in [5, 5.41) is 3.11. The second kappa shape index (κ2) is 6.67. The van der Waals surface area contributed by atoms with Crippen molar-refractivity contribution in [2.75, 3.05) is 18.0 Å². The molecule has 0 bridgehead atoms. The fraction of sp³-hybridized carbons (Fsp3) is 0.238. The number of nitrogens with one attached hydrogen (secondary N) is 1. The van der Waals surface area contributed by atoms with Crippen molar-refractivity contribution in [2.24, 2.45) is 11.8 Å². The molecule has 1 aromatic carbocycles. The minimum absolute atomic E-state index is 0.125. The van der Waals surface area contributed by atoms with Crippen LogP contribution in [-0.4, -0.2) is 40.0 Å². The van der Waals surface area contributed by atoms with Gasteiger partial charge in [-0.05, 0) is 30.3 Å². The van der Waals surface area contributed by atoms with Gasteiger partial charge in [0.2, 0.25) is 5.95 Å². The molecule has 1 amide bonds. The first kappa shape index (κ1) is 16.8. The highest BCUT2D eigenvalue weighted by Crippen LogP contribution is 2.46. The van der Waals surface area contributed by atoms with Crippen LogP contribution in [0.25, 0.3) is 11.3 Å². The Kier molecular flexibility index (Phi) is 4.00. The third kappa shape index (κ3) is 3.09. The lowest BCUT2D eigenvalue weighted by molar-refractivity contribution is 0.0946. The van der Waals surface area contributed by atoms with Crippen molar-refractivity contribution in [2.45, 2.75) is 6.04 Å². The Bertz CT molecular complexity index is 999. The predicted octanol–water partition coefficient (Wildman–Crippen LogP) is 2.54. The lowest BCUT2D eigenvalue weighted by Gasteiger charge is -2.19. The highest BCUT2D eigenvalue weighted by molar-refractivity contribution is 5.94. The highest BCUT2D eigenvalue weighted by Gasteiger charge is 2.57. The van der Waals surface area contributed by atoms with Gasteiger partial charge in [-0.1, -0.05) is 12.1 Å². The number of hydrogen-bond donors (Lipinski definition) is 1. The van der Waals surface area contributed by atoms with Gasteiger partial charge in [-0.2, -0.15) is 0 Å². The van der Waals surface area contributed by atoms with Crippen LogP contribution in [0.5, 0.6) is 0 Å². The van der Waals surface area contributed by atoms with Gasteiger partial charge in [0.15, 0.2) is 0 Å². The molecule has 28 heavy (non-hydrogen) atoms. The van der Waals surface area contributed by atoms with Gasteiger partial charge in [0, 0.05) is 55.1 Å². The van der Waals surface area contributed by atoms with Crippen LogP contribution in [0, 0.1) is 17.7 Å². The molecule has 140 valence electrons. The van der Waals surface area contributed by atoms with Crippen molar-refractivity contribution in [3.63, 3.8) is 0 Å². The number of carbonyl (C=O) groups is 1. The molecule has 1 aliphatic carbocycles. The average Bonchev–Trinajstić information content (AvgIpc) is 3.17. The Morgan fingerprint density at radius 1 is 1.04 bits per heavy atom. The quantitative estimate of drug-likeness (QED) is 0.759. The van der Waals surface area contributed by atoms with E-state index in [4.69, 9.17) is 0 Å². The summed E-state index contributed by atoms with van der Waals surface area (Å²) in [4.78, 5) is 27.6. The largest absolute Gasteiger partial charge is 0.349 e. The van der Waals surface area contributed by atoms with Gasteiger partial charge in [-0.15, -0.1) is 0 Å². The lowest BCUT2D eigenvalue weighted by Crippen LogP contribution is -2.35. The molecule has 3 heterocycles. The number of piperidine rings is 1. The van der Waals surface area contributed by atoms with Crippen molar-refractivity contribution in [3.8, 4) is 11.3 Å². The summed E-state index contributed by atoms with van der Waals surface area (Å²) in [7, 11) is 0. The Hall–Kier alpha value is -3.35. The molecular formula is C21H18FN5O. The molecule has 3 aromatic rings. The highest BCUT2D eigenvalue weighted by atomic mass is 19.1. The molecule has 7 heteroatoms. The Labute approximate surface area is 161 Å². The maximum Gasteiger partial charge on any atom is 0.253 e. The van der Waals surface area contributed by atoms with Gasteiger partial charge >= 0.3 is 0 Å². The van der Waals surface area contributed by atoms with Crippen molar-refractivity contribution >= 4 is 11.9 Å². The Morgan fingerprint density at radius 2 is 1.82 bits per heavy atom. The number of nitrogens with zero attached hydrogens (tertiary/aromatic N) is 4. The molecule has 2 aromatic heterocycles. The summed E-state index contributed by atoms with van der Waals surface area (Å²) in [6, 6.07) is 11.7. The van der Waals surface area contributed by atoms with Crippen LogP contribution in [0.4, 0.5) is 10.3 Å². The van der Waals surface area contributed by atoms with E-state index in [2.05, 4.69) is 25.2 Å². The van der Waals surface area contributed by atoms with E-state index in [0.29, 0.717) is 28.7 Å². The number of rotatable bonds is 4. The predicted molar refractivity (Wildman–Crippen MR) is 102 cm³/mol. The molecule has 1 aliphatic heterocycles. The summed E-state index contributed by atoms with van der Waals surface area (Å²) >= 11 is 0. The molecule has 0 spiro atoms. The minimum atomic E-state index is -0.309. The van der Waals surface area contributed by atoms with E-state index in [1.807, 2.05) is 0 Å². The van der Waals surface area contributed by atoms with E-state index >= 15 is 0 Å². The number of fused-ring (bicyclic) bond motifs is 1. The van der Waals surface area contributed by atoms with Crippen LogP contribution in [0.2, 0.25) is 0 Å². The van der Waals surface area contributed by atoms with Crippen molar-refractivity contribution in [1.82, 2.24) is 20.3 Å². The van der Waals surface area contributed by atoms with Gasteiger partial charge in [0.25, 0.3) is 5.91 Å². The van der Waals surface area contributed by atoms with Gasteiger partial charge in [0.05, 0.1) is 11.3 Å². The Morgan fingerprint density at radius 3 is 2.50 bits per heavy atom. The number of hydrogen-bond acceptors (Lipinski definition) is 5. The van der Waals surface area contributed by atoms with Crippen molar-refractivity contribution < 1.29 is 9.18 Å². The zero-order valence-electron chi connectivity index (χ0n) is 15.0. The molecule has 5 rings (SSSR count). The third-order valence-electron chi connectivity index (χ3n) is 5.47. The molecule has 2 aliphatic rings. The van der Waals surface area contributed by atoms with E-state index in [9.17, 15) is 9.18 Å². The molecule has 2 fully saturated rings. The number of pyridine rings is 1. The molecule has 6 nitrogen and oxygen atoms in total. The fourth-order valence-electron chi connectivity index (χ4n) is 3.94. The maximum absolute atomic E-state index is 13.4. The van der Waals surface area contributed by atoms with E-state index < -0.39 is 0 Å². The van der Waals surface area contributed by atoms with Crippen LogP contribution < -0.4 is 10.2 Å². The van der Waals surface area contributed by atoms with Crippen LogP contribution in [0.1, 0.15) is 10.4 Å². The topological polar surface area (TPSA) is 71.0 Å². The third-order valence-corrected chi connectivity index (χ3v) is 5.47. The van der Waals surface area contributed by atoms with Gasteiger partial charge in [0.1, 0.15) is 5.82 Å². The van der Waals surface area contributed by atoms with Gasteiger partial charge in [-0.3, -0.25) is 9.78 Å². The van der Waals surface area contributed by atoms with Gasteiger partial charge < -0.3 is 10.2 Å². The lowest BCUT2D eigenvalue weighted by atomic mass is 10.1. The molecule has 1 saturated heterocycles. The first-order valence-corrected chi connectivity index (χ1v) is 9.24. The molecular weight excluding hydrogens is 357 g/mol. The Balaban J connectivity index is 1.20. The molecule has 1 saturated carbocycles. The molecule has 0 radical (unpaired) electrons. The van der Waals surface area contributed by atoms with Crippen LogP contribution in [-0.2, 0) is 0 Å². The van der Waals surface area contributed by atoms with E-state index in [0.717, 1.165) is 19.0 Å². The van der Waals surface area contributed by atoms with E-state index in [1.165, 1.54) is 18.3 Å². The fourth-order valence-corrected chi connectivity index (χ4v) is 3.94. The zero-order valence-corrected chi connectivity index (χ0v) is 15.0. The number of anilines is 1. The normalized spacial score (nSPS) is 22.6. The zero-order chi connectivity index (χ0) is 19.1. The summed E-state index contributed by atoms with van der Waals surface area (Å²) in [5.41, 5.74) is 1.83. The van der Waals surface area contributed by atoms with Crippen molar-refractivity contribution in [3.05, 3.63) is 72.4 Å². The first-order valence-electron chi connectivity index (χ1n) is 9.24. The summed E-state index contributed by atoms with van der Waals surface area (Å²) < 4.78 is 13.4. The van der Waals surface area contributed by atoms with Gasteiger partial charge in [-0.25, -0.2) is 14.4 Å². The number of halogens is 1. The first-order chi connectivity index (χ1) is 13.7. The standard InChI is InChI=1S/C21H18FN5O/c22-15-4-1-3-13(9-15)18-6-5-14(10-25-18)20(28)26-19-16-11-27(12-17(16)19)21-23-7-2-8-24-21/h1-10,16-17,19H,11-12H2,(H,26,28)/t16-,17+,19+. The molecule has 0 unspecified atom stereocenters. The number of carbonyl (C=O) groups excluding carboxylic acids is 1. The smallest absolute Gasteiger partial charge is 0.253 e. The minimum Gasteiger partial charge on any atom is -0.349 e. The van der Waals surface area contributed by atoms with E-state index in [1.54, 1.807) is 42.7 Å². The SMILES string of the molecule is O=C(N[C@H]1[C@@H]2CN(c3ncccn3)C[C@@H]21)c1ccc(-c2cccc(F)c2)nc1. The monoisotopic (exact) mass is 375 g/mol. The average molecular weight is 375 g/mol. The second-order valence-electron chi connectivity index (χ2n) is 7.22. The maximum atomic E-state index is 13.4. The summed E-state index contributed by atoms with van der Waals surface area (Å²) in [6.07, 6.45) is 5.02. The number of benzene rings is 1. The summed E-state index contributed by atoms with van der Waals surface area (Å²) in [6.45, 7) is 1.72. The van der Waals surface area contributed by atoms with Crippen LogP contribution in [0.15, 0.2) is 61.1 Å². The molecule has 1 N–H and O–H groups in total. The van der Waals surface area contributed by atoms with Crippen LogP contribution in [0.3, 0.4) is 0 Å².